The summed E-state index contributed by atoms with van der Waals surface area (Å²) in [6.45, 7) is 3.70. The van der Waals surface area contributed by atoms with E-state index < -0.39 is 6.04 Å². The van der Waals surface area contributed by atoms with Crippen molar-refractivity contribution in [3.8, 4) is 5.75 Å². The summed E-state index contributed by atoms with van der Waals surface area (Å²) in [5.41, 5.74) is 3.03. The van der Waals surface area contributed by atoms with Crippen LogP contribution < -0.4 is 5.32 Å². The topological polar surface area (TPSA) is 58.0 Å². The Kier molecular flexibility index (Phi) is 5.07. The molecule has 0 saturated carbocycles. The lowest BCUT2D eigenvalue weighted by Gasteiger charge is -2.23. The lowest BCUT2D eigenvalue weighted by atomic mass is 9.95. The van der Waals surface area contributed by atoms with Crippen LogP contribution in [0.5, 0.6) is 5.75 Å². The number of fused-ring (bicyclic) bond motifs is 1. The first-order valence-corrected chi connectivity index (χ1v) is 9.53. The van der Waals surface area contributed by atoms with Gasteiger partial charge in [0.25, 0.3) is 0 Å². The van der Waals surface area contributed by atoms with Gasteiger partial charge in [-0.2, -0.15) is 0 Å². The maximum atomic E-state index is 14.9. The average molecular weight is 408 g/mol. The third-order valence-electron chi connectivity index (χ3n) is 4.90. The Labute approximate surface area is 173 Å². The molecular weight excluding hydrogens is 389 g/mol. The molecule has 0 radical (unpaired) electrons. The molecule has 1 unspecified atom stereocenters. The normalized spacial score (nSPS) is 12.1. The Bertz CT molecular complexity index is 1210. The second-order valence-corrected chi connectivity index (χ2v) is 7.41. The van der Waals surface area contributed by atoms with E-state index in [9.17, 15) is 9.50 Å². The van der Waals surface area contributed by atoms with Crippen LogP contribution >= 0.6 is 11.6 Å². The molecule has 0 aliphatic rings. The number of phenols is 1. The van der Waals surface area contributed by atoms with Gasteiger partial charge in [-0.1, -0.05) is 41.9 Å². The minimum atomic E-state index is -0.671. The fourth-order valence-corrected chi connectivity index (χ4v) is 3.44. The lowest BCUT2D eigenvalue weighted by Crippen LogP contribution is -2.15. The predicted octanol–water partition coefficient (Wildman–Crippen LogP) is 5.95. The number of phenolic OH excluding ortho intramolecular Hbond substituents is 1. The quantitative estimate of drug-likeness (QED) is 0.439. The number of nitrogens with zero attached hydrogens (tertiary/aromatic N) is 2. The van der Waals surface area contributed by atoms with E-state index in [1.165, 1.54) is 6.07 Å². The van der Waals surface area contributed by atoms with E-state index >= 15 is 0 Å². The summed E-state index contributed by atoms with van der Waals surface area (Å²) < 4.78 is 14.9. The monoisotopic (exact) mass is 407 g/mol. The molecule has 0 saturated heterocycles. The van der Waals surface area contributed by atoms with Crippen molar-refractivity contribution in [3.05, 3.63) is 94.0 Å². The van der Waals surface area contributed by atoms with Crippen LogP contribution in [0.2, 0.25) is 5.02 Å². The highest BCUT2D eigenvalue weighted by Gasteiger charge is 2.23. The Morgan fingerprint density at radius 2 is 1.83 bits per heavy atom. The zero-order valence-corrected chi connectivity index (χ0v) is 16.7. The molecule has 0 aliphatic carbocycles. The maximum Gasteiger partial charge on any atom is 0.147 e. The van der Waals surface area contributed by atoms with E-state index in [-0.39, 0.29) is 11.6 Å². The van der Waals surface area contributed by atoms with Crippen LogP contribution in [0, 0.1) is 19.7 Å². The summed E-state index contributed by atoms with van der Waals surface area (Å²) in [5.74, 6) is 0.164. The zero-order valence-electron chi connectivity index (χ0n) is 15.9. The molecule has 0 bridgehead atoms. The van der Waals surface area contributed by atoms with E-state index in [0.717, 1.165) is 16.5 Å². The van der Waals surface area contributed by atoms with Crippen molar-refractivity contribution in [1.29, 1.82) is 0 Å². The molecule has 1 atom stereocenters. The number of nitrogens with one attached hydrogen (secondary N) is 1. The molecule has 4 nitrogen and oxygen atoms in total. The van der Waals surface area contributed by atoms with Crippen LogP contribution in [0.4, 0.5) is 10.2 Å². The summed E-state index contributed by atoms with van der Waals surface area (Å²) in [5, 5.41) is 15.5. The number of aromatic nitrogens is 2. The standard InChI is InChI=1S/C23H19ClFN3O/c1-13-5-7-16(19(25)10-13)22(28-20-11-14(2)18(24)12-27-20)17-8-6-15-4-3-9-26-21(15)23(17)29/h3-12,22,29H,1-2H3,(H,27,28). The molecule has 2 aromatic carbocycles. The Balaban J connectivity index is 1.88. The van der Waals surface area contributed by atoms with Crippen LogP contribution in [0.3, 0.4) is 0 Å². The number of pyridine rings is 2. The molecule has 4 rings (SSSR count). The van der Waals surface area contributed by atoms with E-state index in [0.29, 0.717) is 27.5 Å². The fourth-order valence-electron chi connectivity index (χ4n) is 3.33. The summed E-state index contributed by atoms with van der Waals surface area (Å²) in [6.07, 6.45) is 3.16. The number of benzene rings is 2. The van der Waals surface area contributed by atoms with Gasteiger partial charge in [-0.05, 0) is 43.2 Å². The average Bonchev–Trinajstić information content (AvgIpc) is 2.70. The molecule has 146 valence electrons. The SMILES string of the molecule is Cc1ccc(C(Nc2cc(C)c(Cl)cn2)c2ccc3cccnc3c2O)c(F)c1. The first-order chi connectivity index (χ1) is 13.9. The van der Waals surface area contributed by atoms with Gasteiger partial charge >= 0.3 is 0 Å². The summed E-state index contributed by atoms with van der Waals surface area (Å²) in [4.78, 5) is 8.59. The number of anilines is 1. The molecule has 2 heterocycles. The minimum absolute atomic E-state index is 0.00580. The third-order valence-corrected chi connectivity index (χ3v) is 5.29. The van der Waals surface area contributed by atoms with Crippen molar-refractivity contribution in [1.82, 2.24) is 9.97 Å². The van der Waals surface area contributed by atoms with Gasteiger partial charge in [-0.25, -0.2) is 9.37 Å². The lowest BCUT2D eigenvalue weighted by molar-refractivity contribution is 0.470. The van der Waals surface area contributed by atoms with Crippen molar-refractivity contribution in [2.45, 2.75) is 19.9 Å². The molecular formula is C23H19ClFN3O. The molecule has 6 heteroatoms. The number of aromatic hydroxyl groups is 1. The highest BCUT2D eigenvalue weighted by Crippen LogP contribution is 2.37. The van der Waals surface area contributed by atoms with E-state index in [1.807, 2.05) is 32.0 Å². The molecule has 0 spiro atoms. The van der Waals surface area contributed by atoms with Gasteiger partial charge < -0.3 is 10.4 Å². The van der Waals surface area contributed by atoms with Crippen LogP contribution in [0.1, 0.15) is 28.3 Å². The second-order valence-electron chi connectivity index (χ2n) is 7.00. The molecule has 0 aliphatic heterocycles. The van der Waals surface area contributed by atoms with Gasteiger partial charge in [-0.3, -0.25) is 4.98 Å². The number of halogens is 2. The third kappa shape index (κ3) is 3.74. The Morgan fingerprint density at radius 3 is 2.59 bits per heavy atom. The van der Waals surface area contributed by atoms with Gasteiger partial charge in [0, 0.05) is 28.9 Å². The highest BCUT2D eigenvalue weighted by atomic mass is 35.5. The van der Waals surface area contributed by atoms with Crippen molar-refractivity contribution >= 4 is 28.3 Å². The van der Waals surface area contributed by atoms with Gasteiger partial charge in [0.05, 0.1) is 11.1 Å². The second kappa shape index (κ2) is 7.68. The maximum absolute atomic E-state index is 14.9. The molecule has 2 N–H and O–H groups in total. The first kappa shape index (κ1) is 19.2. The first-order valence-electron chi connectivity index (χ1n) is 9.15. The Hall–Kier alpha value is -3.18. The molecule has 29 heavy (non-hydrogen) atoms. The van der Waals surface area contributed by atoms with Gasteiger partial charge in [-0.15, -0.1) is 0 Å². The molecule has 2 aromatic heterocycles. The van der Waals surface area contributed by atoms with Crippen LogP contribution in [0.25, 0.3) is 10.9 Å². The number of rotatable bonds is 4. The number of hydrogen-bond donors (Lipinski definition) is 2. The molecule has 0 amide bonds. The van der Waals surface area contributed by atoms with Crippen LogP contribution in [0.15, 0.2) is 60.9 Å². The number of hydrogen-bond acceptors (Lipinski definition) is 4. The molecule has 4 aromatic rings. The van der Waals surface area contributed by atoms with E-state index in [4.69, 9.17) is 11.6 Å². The minimum Gasteiger partial charge on any atom is -0.505 e. The van der Waals surface area contributed by atoms with E-state index in [2.05, 4.69) is 15.3 Å². The van der Waals surface area contributed by atoms with Crippen molar-refractivity contribution in [3.63, 3.8) is 0 Å². The highest BCUT2D eigenvalue weighted by molar-refractivity contribution is 6.31. The number of aryl methyl sites for hydroxylation is 2. The summed E-state index contributed by atoms with van der Waals surface area (Å²) in [6, 6.07) is 13.4. The van der Waals surface area contributed by atoms with Crippen molar-refractivity contribution < 1.29 is 9.50 Å². The van der Waals surface area contributed by atoms with Gasteiger partial charge in [0.1, 0.15) is 22.9 Å². The molecule has 0 fully saturated rings. The Morgan fingerprint density at radius 1 is 1.03 bits per heavy atom. The van der Waals surface area contributed by atoms with Crippen molar-refractivity contribution in [2.75, 3.05) is 5.32 Å². The van der Waals surface area contributed by atoms with Gasteiger partial charge in [0.2, 0.25) is 0 Å². The van der Waals surface area contributed by atoms with Gasteiger partial charge in [0.15, 0.2) is 0 Å². The zero-order chi connectivity index (χ0) is 20.5. The largest absolute Gasteiger partial charge is 0.505 e. The summed E-state index contributed by atoms with van der Waals surface area (Å²) >= 11 is 6.09. The van der Waals surface area contributed by atoms with Crippen LogP contribution in [-0.2, 0) is 0 Å². The smallest absolute Gasteiger partial charge is 0.147 e. The summed E-state index contributed by atoms with van der Waals surface area (Å²) in [7, 11) is 0. The van der Waals surface area contributed by atoms with E-state index in [1.54, 1.807) is 36.7 Å². The predicted molar refractivity (Wildman–Crippen MR) is 114 cm³/mol. The van der Waals surface area contributed by atoms with Crippen molar-refractivity contribution in [2.24, 2.45) is 0 Å². The fraction of sp³-hybridized carbons (Fsp3) is 0.130. The van der Waals surface area contributed by atoms with Crippen LogP contribution in [-0.4, -0.2) is 15.1 Å².